The Balaban J connectivity index is 2.27. The Morgan fingerprint density at radius 3 is 2.24 bits per heavy atom. The van der Waals surface area contributed by atoms with Crippen molar-refractivity contribution in [3.8, 4) is 0 Å². The van der Waals surface area contributed by atoms with Gasteiger partial charge in [0, 0.05) is 4.91 Å². The standard InChI is InChI=1S/C15H20N2O2S2/c1-10(2)13-14(15(4,5)20-13)16-17-21(18,19)12-8-6-11(3)7-9-12/h6-9,17H,1-5H3/b16-14-. The molecule has 1 aliphatic rings. The Labute approximate surface area is 130 Å². The lowest BCUT2D eigenvalue weighted by Crippen LogP contribution is -2.41. The Morgan fingerprint density at radius 1 is 1.19 bits per heavy atom. The molecule has 1 N–H and O–H groups in total. The molecular weight excluding hydrogens is 304 g/mol. The average Bonchev–Trinajstić information content (AvgIpc) is 2.36. The molecular formula is C15H20N2O2S2. The lowest BCUT2D eigenvalue weighted by molar-refractivity contribution is 0.584. The lowest BCUT2D eigenvalue weighted by Gasteiger charge is -2.39. The Bertz CT molecular complexity index is 711. The van der Waals surface area contributed by atoms with E-state index in [-0.39, 0.29) is 9.64 Å². The summed E-state index contributed by atoms with van der Waals surface area (Å²) in [6.45, 7) is 9.98. The van der Waals surface area contributed by atoms with Crippen molar-refractivity contribution < 1.29 is 8.42 Å². The van der Waals surface area contributed by atoms with Gasteiger partial charge in [0.05, 0.1) is 15.4 Å². The van der Waals surface area contributed by atoms with E-state index in [2.05, 4.69) is 9.93 Å². The Morgan fingerprint density at radius 2 is 1.76 bits per heavy atom. The van der Waals surface area contributed by atoms with Gasteiger partial charge in [-0.2, -0.15) is 18.4 Å². The molecule has 0 aliphatic carbocycles. The first-order valence-electron chi connectivity index (χ1n) is 6.67. The van der Waals surface area contributed by atoms with E-state index in [1.807, 2.05) is 34.6 Å². The van der Waals surface area contributed by atoms with Crippen molar-refractivity contribution in [1.82, 2.24) is 4.83 Å². The molecule has 114 valence electrons. The Hall–Kier alpha value is -1.27. The van der Waals surface area contributed by atoms with E-state index in [0.29, 0.717) is 0 Å². The smallest absolute Gasteiger partial charge is 0.200 e. The summed E-state index contributed by atoms with van der Waals surface area (Å²) in [7, 11) is -3.62. The van der Waals surface area contributed by atoms with Gasteiger partial charge in [-0.15, -0.1) is 11.8 Å². The second-order valence-corrected chi connectivity index (χ2v) is 9.10. The highest BCUT2D eigenvalue weighted by atomic mass is 32.2. The lowest BCUT2D eigenvalue weighted by atomic mass is 10.0. The maximum Gasteiger partial charge on any atom is 0.276 e. The molecule has 0 amide bonds. The normalized spacial score (nSPS) is 19.3. The minimum absolute atomic E-state index is 0.164. The zero-order chi connectivity index (χ0) is 15.8. The minimum atomic E-state index is -3.62. The molecule has 21 heavy (non-hydrogen) atoms. The van der Waals surface area contributed by atoms with E-state index in [1.165, 1.54) is 0 Å². The fourth-order valence-electron chi connectivity index (χ4n) is 1.98. The second kappa shape index (κ2) is 5.50. The fourth-order valence-corrected chi connectivity index (χ4v) is 3.99. The number of aryl methyl sites for hydroxylation is 1. The molecule has 1 fully saturated rings. The van der Waals surface area contributed by atoms with Crippen LogP contribution in [0.3, 0.4) is 0 Å². The molecule has 1 aliphatic heterocycles. The van der Waals surface area contributed by atoms with Crippen LogP contribution < -0.4 is 4.83 Å². The molecule has 1 aromatic carbocycles. The third kappa shape index (κ3) is 3.32. The van der Waals surface area contributed by atoms with Gasteiger partial charge in [-0.25, -0.2) is 0 Å². The number of sulfonamides is 1. The number of hydrazone groups is 1. The molecule has 0 radical (unpaired) electrons. The van der Waals surface area contributed by atoms with E-state index in [1.54, 1.807) is 36.0 Å². The first-order valence-corrected chi connectivity index (χ1v) is 8.97. The summed E-state index contributed by atoms with van der Waals surface area (Å²) in [6, 6.07) is 6.71. The van der Waals surface area contributed by atoms with E-state index < -0.39 is 10.0 Å². The summed E-state index contributed by atoms with van der Waals surface area (Å²) < 4.78 is 24.3. The van der Waals surface area contributed by atoms with Gasteiger partial charge in [-0.3, -0.25) is 0 Å². The fraction of sp³-hybridized carbons (Fsp3) is 0.400. The molecule has 0 aromatic heterocycles. The third-order valence-corrected chi connectivity index (χ3v) is 5.94. The zero-order valence-electron chi connectivity index (χ0n) is 12.9. The molecule has 0 saturated carbocycles. The molecule has 6 heteroatoms. The molecule has 4 nitrogen and oxygen atoms in total. The van der Waals surface area contributed by atoms with Gasteiger partial charge in [0.1, 0.15) is 0 Å². The van der Waals surface area contributed by atoms with Crippen LogP contribution in [0.5, 0.6) is 0 Å². The van der Waals surface area contributed by atoms with Crippen molar-refractivity contribution in [3.63, 3.8) is 0 Å². The SMILES string of the molecule is CC(C)=C1SC(C)(C)/C1=N\NS(=O)(=O)c1ccc(C)cc1. The van der Waals surface area contributed by atoms with E-state index in [9.17, 15) is 8.42 Å². The average molecular weight is 324 g/mol. The van der Waals surface area contributed by atoms with Crippen LogP contribution in [0.25, 0.3) is 0 Å². The van der Waals surface area contributed by atoms with E-state index in [0.717, 1.165) is 21.8 Å². The minimum Gasteiger partial charge on any atom is -0.200 e. The number of rotatable bonds is 3. The second-order valence-electron chi connectivity index (χ2n) is 5.81. The molecule has 2 rings (SSSR count). The maximum absolute atomic E-state index is 12.2. The van der Waals surface area contributed by atoms with Gasteiger partial charge in [0.25, 0.3) is 10.0 Å². The summed E-state index contributed by atoms with van der Waals surface area (Å²) >= 11 is 1.71. The molecule has 1 aromatic rings. The highest BCUT2D eigenvalue weighted by Crippen LogP contribution is 2.48. The van der Waals surface area contributed by atoms with Crippen LogP contribution in [0.2, 0.25) is 0 Å². The number of hydrogen-bond acceptors (Lipinski definition) is 4. The van der Waals surface area contributed by atoms with Crippen LogP contribution in [-0.2, 0) is 10.0 Å². The summed E-state index contributed by atoms with van der Waals surface area (Å²) in [4.78, 5) is 3.63. The Kier molecular flexibility index (Phi) is 4.22. The number of nitrogens with one attached hydrogen (secondary N) is 1. The van der Waals surface area contributed by atoms with E-state index in [4.69, 9.17) is 0 Å². The van der Waals surface area contributed by atoms with Gasteiger partial charge >= 0.3 is 0 Å². The van der Waals surface area contributed by atoms with Crippen LogP contribution in [0, 0.1) is 6.92 Å². The van der Waals surface area contributed by atoms with E-state index >= 15 is 0 Å². The van der Waals surface area contributed by atoms with Crippen LogP contribution in [0.1, 0.15) is 33.3 Å². The predicted octanol–water partition coefficient (Wildman–Crippen LogP) is 3.45. The topological polar surface area (TPSA) is 58.5 Å². The van der Waals surface area contributed by atoms with Crippen LogP contribution >= 0.6 is 11.8 Å². The number of thioether (sulfide) groups is 1. The highest BCUT2D eigenvalue weighted by molar-refractivity contribution is 8.09. The summed E-state index contributed by atoms with van der Waals surface area (Å²) in [5.41, 5.74) is 2.96. The third-order valence-electron chi connectivity index (χ3n) is 3.21. The van der Waals surface area contributed by atoms with Crippen LogP contribution in [-0.4, -0.2) is 18.9 Å². The van der Waals surface area contributed by atoms with Gasteiger partial charge in [0.2, 0.25) is 0 Å². The van der Waals surface area contributed by atoms with Crippen molar-refractivity contribution in [2.75, 3.05) is 0 Å². The zero-order valence-corrected chi connectivity index (χ0v) is 14.5. The summed E-state index contributed by atoms with van der Waals surface area (Å²) in [5, 5.41) is 4.16. The molecule has 0 atom stereocenters. The number of hydrogen-bond donors (Lipinski definition) is 1. The summed E-state index contributed by atoms with van der Waals surface area (Å²) in [6.07, 6.45) is 0. The molecule has 0 bridgehead atoms. The maximum atomic E-state index is 12.2. The monoisotopic (exact) mass is 324 g/mol. The van der Waals surface area contributed by atoms with Gasteiger partial charge in [0.15, 0.2) is 0 Å². The largest absolute Gasteiger partial charge is 0.276 e. The first kappa shape index (κ1) is 16.1. The van der Waals surface area contributed by atoms with Crippen LogP contribution in [0.4, 0.5) is 0 Å². The van der Waals surface area contributed by atoms with Crippen LogP contribution in [0.15, 0.2) is 44.7 Å². The van der Waals surface area contributed by atoms with Crippen molar-refractivity contribution in [1.29, 1.82) is 0 Å². The van der Waals surface area contributed by atoms with Crippen molar-refractivity contribution in [2.24, 2.45) is 5.10 Å². The molecule has 1 saturated heterocycles. The first-order chi connectivity index (χ1) is 9.63. The highest BCUT2D eigenvalue weighted by Gasteiger charge is 2.41. The van der Waals surface area contributed by atoms with Crippen molar-refractivity contribution in [2.45, 2.75) is 44.3 Å². The predicted molar refractivity (Wildman–Crippen MR) is 89.0 cm³/mol. The van der Waals surface area contributed by atoms with Crippen molar-refractivity contribution >= 4 is 27.5 Å². The van der Waals surface area contributed by atoms with Crippen molar-refractivity contribution in [3.05, 3.63) is 40.3 Å². The van der Waals surface area contributed by atoms with Gasteiger partial charge in [-0.1, -0.05) is 23.3 Å². The molecule has 0 unspecified atom stereocenters. The molecule has 0 spiro atoms. The molecule has 1 heterocycles. The van der Waals surface area contributed by atoms with Gasteiger partial charge < -0.3 is 0 Å². The quantitative estimate of drug-likeness (QED) is 0.866. The number of allylic oxidation sites excluding steroid dienone is 2. The number of nitrogens with zero attached hydrogens (tertiary/aromatic N) is 1. The number of benzene rings is 1. The summed E-state index contributed by atoms with van der Waals surface area (Å²) in [5.74, 6) is 0. The van der Waals surface area contributed by atoms with Gasteiger partial charge in [-0.05, 0) is 46.8 Å².